The maximum Gasteiger partial charge on any atom is 0.260 e. The number of nitrogens with one attached hydrogen (secondary N) is 1. The molecule has 0 spiro atoms. The number of hydrogen-bond donors (Lipinski definition) is 1. The minimum absolute atomic E-state index is 0.0297. The number of benzene rings is 1. The van der Waals surface area contributed by atoms with Crippen LogP contribution < -0.4 is 11.0 Å². The van der Waals surface area contributed by atoms with E-state index < -0.39 is 0 Å². The summed E-state index contributed by atoms with van der Waals surface area (Å²) >= 11 is 0. The highest BCUT2D eigenvalue weighted by Gasteiger charge is 2.13. The van der Waals surface area contributed by atoms with Gasteiger partial charge < -0.3 is 4.57 Å². The van der Waals surface area contributed by atoms with Crippen molar-refractivity contribution in [3.8, 4) is 0 Å². The molecular weight excluding hydrogens is 290 g/mol. The highest BCUT2D eigenvalue weighted by atomic mass is 16.2. The zero-order chi connectivity index (χ0) is 16.1. The van der Waals surface area contributed by atoms with Gasteiger partial charge in [0.2, 0.25) is 0 Å². The van der Waals surface area contributed by atoms with E-state index in [1.165, 1.54) is 16.2 Å². The topological polar surface area (TPSA) is 63.5 Å². The lowest BCUT2D eigenvalue weighted by molar-refractivity contribution is -0.121. The first-order chi connectivity index (χ1) is 11.2. The van der Waals surface area contributed by atoms with Crippen molar-refractivity contribution in [1.29, 1.82) is 0 Å². The molecule has 1 N–H and O–H groups in total. The van der Waals surface area contributed by atoms with Crippen LogP contribution in [0.3, 0.4) is 0 Å². The number of aryl methyl sites for hydroxylation is 1. The molecule has 5 nitrogen and oxygen atoms in total. The number of hydrogen-bond acceptors (Lipinski definition) is 3. The van der Waals surface area contributed by atoms with Crippen molar-refractivity contribution in [2.75, 3.05) is 0 Å². The van der Waals surface area contributed by atoms with E-state index in [9.17, 15) is 9.59 Å². The Balaban J connectivity index is 1.73. The van der Waals surface area contributed by atoms with Gasteiger partial charge in [0, 0.05) is 17.8 Å². The quantitative estimate of drug-likeness (QED) is 0.697. The molecule has 1 aliphatic rings. The number of amides is 1. The number of rotatable bonds is 3. The van der Waals surface area contributed by atoms with Crippen LogP contribution in [0.4, 0.5) is 0 Å². The normalized spacial score (nSPS) is 15.7. The van der Waals surface area contributed by atoms with Gasteiger partial charge in [-0.15, -0.1) is 0 Å². The second kappa shape index (κ2) is 7.05. The first-order valence-electron chi connectivity index (χ1n) is 7.83. The summed E-state index contributed by atoms with van der Waals surface area (Å²) in [6, 6.07) is 13.0. The Bertz CT molecular complexity index is 793. The van der Waals surface area contributed by atoms with E-state index in [4.69, 9.17) is 0 Å². The molecule has 3 rings (SSSR count). The van der Waals surface area contributed by atoms with Crippen LogP contribution in [0, 0.1) is 0 Å². The van der Waals surface area contributed by atoms with E-state index in [1.54, 1.807) is 18.3 Å². The summed E-state index contributed by atoms with van der Waals surface area (Å²) in [4.78, 5) is 23.6. The standard InChI is InChI=1S/C18H19N3O2/c22-17(13-21-12-6-5-11-18(21)23)20-19-16-10-4-2-8-14-7-1-3-9-15(14)16/h1,3,5-7,9,11-12H,2,4,8,10,13H2,(H,20,22)/b19-16-. The lowest BCUT2D eigenvalue weighted by atomic mass is 10.0. The minimum atomic E-state index is -0.299. The number of carbonyl (C=O) groups is 1. The fourth-order valence-corrected chi connectivity index (χ4v) is 2.79. The van der Waals surface area contributed by atoms with E-state index in [-0.39, 0.29) is 18.0 Å². The van der Waals surface area contributed by atoms with Gasteiger partial charge in [-0.3, -0.25) is 9.59 Å². The van der Waals surface area contributed by atoms with Crippen molar-refractivity contribution < 1.29 is 4.79 Å². The predicted molar refractivity (Wildman–Crippen MR) is 89.4 cm³/mol. The van der Waals surface area contributed by atoms with Crippen LogP contribution in [-0.2, 0) is 17.8 Å². The van der Waals surface area contributed by atoms with Crippen LogP contribution in [0.15, 0.2) is 58.6 Å². The third-order valence-corrected chi connectivity index (χ3v) is 3.97. The molecule has 1 aromatic carbocycles. The molecule has 118 valence electrons. The summed E-state index contributed by atoms with van der Waals surface area (Å²) < 4.78 is 1.36. The molecule has 1 aromatic heterocycles. The smallest absolute Gasteiger partial charge is 0.260 e. The SMILES string of the molecule is O=C(Cn1ccccc1=O)N/N=C1/CCCCc2ccccc21. The van der Waals surface area contributed by atoms with Gasteiger partial charge in [-0.1, -0.05) is 30.3 Å². The van der Waals surface area contributed by atoms with Crippen LogP contribution in [-0.4, -0.2) is 16.2 Å². The Kier molecular flexibility index (Phi) is 4.66. The first kappa shape index (κ1) is 15.2. The van der Waals surface area contributed by atoms with Gasteiger partial charge in [0.15, 0.2) is 0 Å². The van der Waals surface area contributed by atoms with Crippen molar-refractivity contribution >= 4 is 11.6 Å². The molecule has 0 saturated heterocycles. The van der Waals surface area contributed by atoms with E-state index in [2.05, 4.69) is 16.6 Å². The molecule has 0 bridgehead atoms. The third kappa shape index (κ3) is 3.74. The van der Waals surface area contributed by atoms with E-state index >= 15 is 0 Å². The number of fused-ring (bicyclic) bond motifs is 1. The lowest BCUT2D eigenvalue weighted by Crippen LogP contribution is -2.29. The Labute approximate surface area is 134 Å². The number of nitrogens with zero attached hydrogens (tertiary/aromatic N) is 2. The van der Waals surface area contributed by atoms with Crippen LogP contribution in [0.1, 0.15) is 30.4 Å². The van der Waals surface area contributed by atoms with Crippen molar-refractivity contribution in [1.82, 2.24) is 9.99 Å². The summed E-state index contributed by atoms with van der Waals surface area (Å²) in [5.41, 5.74) is 5.68. The van der Waals surface area contributed by atoms with Crippen molar-refractivity contribution in [3.63, 3.8) is 0 Å². The van der Waals surface area contributed by atoms with Crippen LogP contribution in [0.5, 0.6) is 0 Å². The van der Waals surface area contributed by atoms with Crippen LogP contribution in [0.2, 0.25) is 0 Å². The molecule has 2 aromatic rings. The molecule has 1 aliphatic carbocycles. The number of aromatic nitrogens is 1. The van der Waals surface area contributed by atoms with Gasteiger partial charge in [0.1, 0.15) is 6.54 Å². The number of pyridine rings is 1. The number of hydrazone groups is 1. The average molecular weight is 309 g/mol. The summed E-state index contributed by atoms with van der Waals surface area (Å²) in [6.45, 7) is -0.0297. The largest absolute Gasteiger partial charge is 0.306 e. The van der Waals surface area contributed by atoms with Gasteiger partial charge in [-0.05, 0) is 37.3 Å². The summed E-state index contributed by atoms with van der Waals surface area (Å²) in [6.07, 6.45) is 5.67. The van der Waals surface area contributed by atoms with Crippen LogP contribution >= 0.6 is 0 Å². The molecule has 1 amide bonds. The maximum absolute atomic E-state index is 12.0. The van der Waals surface area contributed by atoms with E-state index in [0.29, 0.717) is 0 Å². The molecule has 1 heterocycles. The predicted octanol–water partition coefficient (Wildman–Crippen LogP) is 2.10. The van der Waals surface area contributed by atoms with Crippen molar-refractivity contribution in [2.45, 2.75) is 32.2 Å². The van der Waals surface area contributed by atoms with E-state index in [1.807, 2.05) is 18.2 Å². The Morgan fingerprint density at radius 1 is 1.09 bits per heavy atom. The molecular formula is C18H19N3O2. The van der Waals surface area contributed by atoms with E-state index in [0.717, 1.165) is 37.0 Å². The summed E-state index contributed by atoms with van der Waals surface area (Å²) in [5.74, 6) is -0.299. The zero-order valence-electron chi connectivity index (χ0n) is 12.9. The monoisotopic (exact) mass is 309 g/mol. The minimum Gasteiger partial charge on any atom is -0.306 e. The Hall–Kier alpha value is -2.69. The molecule has 0 saturated carbocycles. The third-order valence-electron chi connectivity index (χ3n) is 3.97. The fourth-order valence-electron chi connectivity index (χ4n) is 2.79. The van der Waals surface area contributed by atoms with Crippen LogP contribution in [0.25, 0.3) is 0 Å². The Morgan fingerprint density at radius 2 is 1.87 bits per heavy atom. The molecule has 0 fully saturated rings. The average Bonchev–Trinajstić information content (AvgIpc) is 2.77. The molecule has 0 aliphatic heterocycles. The second-order valence-corrected chi connectivity index (χ2v) is 5.62. The summed E-state index contributed by atoms with van der Waals surface area (Å²) in [5, 5.41) is 4.31. The second-order valence-electron chi connectivity index (χ2n) is 5.62. The maximum atomic E-state index is 12.0. The van der Waals surface area contributed by atoms with Gasteiger partial charge in [-0.2, -0.15) is 5.10 Å². The van der Waals surface area contributed by atoms with Gasteiger partial charge in [0.05, 0.1) is 5.71 Å². The Morgan fingerprint density at radius 3 is 2.74 bits per heavy atom. The molecule has 23 heavy (non-hydrogen) atoms. The van der Waals surface area contributed by atoms with Crippen molar-refractivity contribution in [3.05, 3.63) is 70.1 Å². The lowest BCUT2D eigenvalue weighted by Gasteiger charge is -2.08. The molecule has 0 unspecified atom stereocenters. The highest BCUT2D eigenvalue weighted by Crippen LogP contribution is 2.20. The van der Waals surface area contributed by atoms with Gasteiger partial charge >= 0.3 is 0 Å². The van der Waals surface area contributed by atoms with Crippen molar-refractivity contribution in [2.24, 2.45) is 5.10 Å². The molecule has 5 heteroatoms. The molecule has 0 radical (unpaired) electrons. The number of carbonyl (C=O) groups excluding carboxylic acids is 1. The van der Waals surface area contributed by atoms with Gasteiger partial charge in [-0.25, -0.2) is 5.43 Å². The summed E-state index contributed by atoms with van der Waals surface area (Å²) in [7, 11) is 0. The fraction of sp³-hybridized carbons (Fsp3) is 0.278. The van der Waals surface area contributed by atoms with Gasteiger partial charge in [0.25, 0.3) is 11.5 Å². The first-order valence-corrected chi connectivity index (χ1v) is 7.83. The zero-order valence-corrected chi connectivity index (χ0v) is 12.9. The highest BCUT2D eigenvalue weighted by molar-refractivity contribution is 6.02. The molecule has 0 atom stereocenters.